The summed E-state index contributed by atoms with van der Waals surface area (Å²) in [6.45, 7) is 7.64. The number of hydrogen-bond donors (Lipinski definition) is 1. The molecular weight excluding hydrogens is 308 g/mol. The molecule has 0 fully saturated rings. The number of Topliss-reactive ketones (excluding diaryl/α,β-unsaturated/α-hetero) is 3. The maximum Gasteiger partial charge on any atom is 0.194 e. The maximum atomic E-state index is 12.8. The van der Waals surface area contributed by atoms with Crippen molar-refractivity contribution in [1.82, 2.24) is 0 Å². The fourth-order valence-corrected chi connectivity index (χ4v) is 2.87. The number of carbonyl (C=O) groups is 4. The predicted molar refractivity (Wildman–Crippen MR) is 89.8 cm³/mol. The predicted octanol–water partition coefficient (Wildman–Crippen LogP) is 3.32. The molecule has 2 rings (SSSR count). The number of ketones is 4. The molecule has 0 amide bonds. The van der Waals surface area contributed by atoms with Crippen LogP contribution in [0.15, 0.2) is 30.4 Å². The van der Waals surface area contributed by atoms with Gasteiger partial charge in [0.25, 0.3) is 0 Å². The molecule has 1 aromatic rings. The number of phenolic OH excluding ortho intramolecular Hbond substituents is 1. The molecule has 0 heterocycles. The summed E-state index contributed by atoms with van der Waals surface area (Å²) in [6, 6.07) is 0. The van der Waals surface area contributed by atoms with Gasteiger partial charge >= 0.3 is 0 Å². The molecular formula is C19H16O5. The first-order chi connectivity index (χ1) is 11.3. The van der Waals surface area contributed by atoms with Crippen LogP contribution in [0.5, 0.6) is 5.75 Å². The second-order valence-electron chi connectivity index (χ2n) is 5.37. The van der Waals surface area contributed by atoms with Crippen molar-refractivity contribution in [3.8, 4) is 5.75 Å². The molecule has 0 saturated heterocycles. The summed E-state index contributed by atoms with van der Waals surface area (Å²) in [7, 11) is 0. The van der Waals surface area contributed by atoms with Gasteiger partial charge in [0, 0.05) is 22.3 Å². The van der Waals surface area contributed by atoms with Crippen LogP contribution in [-0.2, 0) is 0 Å². The van der Waals surface area contributed by atoms with Gasteiger partial charge in [-0.3, -0.25) is 19.2 Å². The van der Waals surface area contributed by atoms with Gasteiger partial charge in [0.2, 0.25) is 0 Å². The highest BCUT2D eigenvalue weighted by Crippen LogP contribution is 2.38. The molecule has 1 N–H and O–H groups in total. The van der Waals surface area contributed by atoms with E-state index in [-0.39, 0.29) is 33.4 Å². The van der Waals surface area contributed by atoms with E-state index in [9.17, 15) is 24.3 Å². The van der Waals surface area contributed by atoms with Gasteiger partial charge < -0.3 is 5.11 Å². The van der Waals surface area contributed by atoms with Crippen molar-refractivity contribution < 1.29 is 24.3 Å². The number of phenols is 1. The average molecular weight is 324 g/mol. The van der Waals surface area contributed by atoms with Crippen LogP contribution in [0.2, 0.25) is 0 Å². The van der Waals surface area contributed by atoms with E-state index in [0.29, 0.717) is 0 Å². The zero-order chi connectivity index (χ0) is 18.2. The SMILES string of the molecule is C=Cc1c(C(C)=O)c(O)c(C(C)=O)c2c1C(=O)C(C=CC)=CC2=O. The molecule has 0 atom stereocenters. The fraction of sp³-hybridized carbons (Fsp3) is 0.158. The summed E-state index contributed by atoms with van der Waals surface area (Å²) in [5.74, 6) is -2.80. The Bertz CT molecular complexity index is 882. The lowest BCUT2D eigenvalue weighted by Crippen LogP contribution is -2.23. The molecule has 5 nitrogen and oxygen atoms in total. The smallest absolute Gasteiger partial charge is 0.194 e. The van der Waals surface area contributed by atoms with Gasteiger partial charge in [-0.05, 0) is 26.8 Å². The first kappa shape index (κ1) is 17.3. The van der Waals surface area contributed by atoms with Crippen LogP contribution in [0.1, 0.15) is 67.8 Å². The second-order valence-corrected chi connectivity index (χ2v) is 5.37. The Morgan fingerprint density at radius 1 is 1.08 bits per heavy atom. The molecule has 0 saturated carbocycles. The number of allylic oxidation sites excluding steroid dienone is 4. The van der Waals surface area contributed by atoms with Crippen molar-refractivity contribution in [3.05, 3.63) is 58.2 Å². The van der Waals surface area contributed by atoms with Gasteiger partial charge in [-0.2, -0.15) is 0 Å². The summed E-state index contributed by atoms with van der Waals surface area (Å²) < 4.78 is 0. The summed E-state index contributed by atoms with van der Waals surface area (Å²) in [5, 5.41) is 10.4. The van der Waals surface area contributed by atoms with Gasteiger partial charge in [-0.1, -0.05) is 24.8 Å². The molecule has 0 spiro atoms. The lowest BCUT2D eigenvalue weighted by atomic mass is 9.79. The van der Waals surface area contributed by atoms with Crippen LogP contribution in [0, 0.1) is 0 Å². The molecule has 0 bridgehead atoms. The van der Waals surface area contributed by atoms with Crippen molar-refractivity contribution >= 4 is 29.2 Å². The minimum absolute atomic E-state index is 0.0634. The second kappa shape index (κ2) is 6.20. The molecule has 24 heavy (non-hydrogen) atoms. The minimum Gasteiger partial charge on any atom is -0.506 e. The molecule has 1 aliphatic carbocycles. The van der Waals surface area contributed by atoms with Gasteiger partial charge in [0.15, 0.2) is 23.1 Å². The van der Waals surface area contributed by atoms with E-state index in [1.54, 1.807) is 13.0 Å². The van der Waals surface area contributed by atoms with E-state index in [4.69, 9.17) is 0 Å². The van der Waals surface area contributed by atoms with Crippen LogP contribution in [0.3, 0.4) is 0 Å². The molecule has 122 valence electrons. The first-order valence-corrected chi connectivity index (χ1v) is 7.26. The molecule has 0 radical (unpaired) electrons. The summed E-state index contributed by atoms with van der Waals surface area (Å²) in [6.07, 6.45) is 5.44. The van der Waals surface area contributed by atoms with E-state index in [2.05, 4.69) is 6.58 Å². The van der Waals surface area contributed by atoms with Crippen molar-refractivity contribution in [2.75, 3.05) is 0 Å². The van der Waals surface area contributed by atoms with E-state index < -0.39 is 28.9 Å². The van der Waals surface area contributed by atoms with Crippen molar-refractivity contribution in [3.63, 3.8) is 0 Å². The Balaban J connectivity index is 3.07. The van der Waals surface area contributed by atoms with E-state index in [1.165, 1.54) is 19.1 Å². The standard InChI is InChI=1S/C19H16O5/c1-5-7-11-8-13(22)17-15(10(4)21)19(24)14(9(3)20)12(6-2)16(17)18(11)23/h5-8,24H,2H2,1,3-4H3. The quantitative estimate of drug-likeness (QED) is 0.858. The lowest BCUT2D eigenvalue weighted by molar-refractivity contribution is 0.0970. The summed E-state index contributed by atoms with van der Waals surface area (Å²) in [4.78, 5) is 49.2. The van der Waals surface area contributed by atoms with E-state index in [0.717, 1.165) is 13.0 Å². The van der Waals surface area contributed by atoms with Crippen LogP contribution in [0.25, 0.3) is 6.08 Å². The van der Waals surface area contributed by atoms with Gasteiger partial charge in [-0.15, -0.1) is 0 Å². The number of aromatic hydroxyl groups is 1. The van der Waals surface area contributed by atoms with Crippen LogP contribution in [-0.4, -0.2) is 28.2 Å². The number of hydrogen-bond acceptors (Lipinski definition) is 5. The lowest BCUT2D eigenvalue weighted by Gasteiger charge is -2.22. The normalized spacial score (nSPS) is 13.7. The number of fused-ring (bicyclic) bond motifs is 1. The number of rotatable bonds is 4. The van der Waals surface area contributed by atoms with Gasteiger partial charge in [0.05, 0.1) is 11.1 Å². The minimum atomic E-state index is -0.606. The van der Waals surface area contributed by atoms with Gasteiger partial charge in [-0.25, -0.2) is 0 Å². The Morgan fingerprint density at radius 3 is 2.12 bits per heavy atom. The highest BCUT2D eigenvalue weighted by Gasteiger charge is 2.35. The molecule has 0 aromatic heterocycles. The highest BCUT2D eigenvalue weighted by molar-refractivity contribution is 6.31. The third-order valence-electron chi connectivity index (χ3n) is 3.79. The van der Waals surface area contributed by atoms with Crippen molar-refractivity contribution in [2.24, 2.45) is 0 Å². The van der Waals surface area contributed by atoms with Crippen molar-refractivity contribution in [2.45, 2.75) is 20.8 Å². The average Bonchev–Trinajstić information content (AvgIpc) is 2.50. The Labute approximate surface area is 139 Å². The molecule has 0 unspecified atom stereocenters. The zero-order valence-corrected chi connectivity index (χ0v) is 13.6. The van der Waals surface area contributed by atoms with Crippen LogP contribution >= 0.6 is 0 Å². The van der Waals surface area contributed by atoms with Gasteiger partial charge in [0.1, 0.15) is 5.75 Å². The molecule has 1 aliphatic rings. The zero-order valence-electron chi connectivity index (χ0n) is 13.6. The van der Waals surface area contributed by atoms with E-state index in [1.807, 2.05) is 0 Å². The monoisotopic (exact) mass is 324 g/mol. The Kier molecular flexibility index (Phi) is 4.46. The Hall–Kier alpha value is -3.08. The third-order valence-corrected chi connectivity index (χ3v) is 3.79. The number of carbonyl (C=O) groups excluding carboxylic acids is 4. The summed E-state index contributed by atoms with van der Waals surface area (Å²) in [5.41, 5.74) is -0.537. The topological polar surface area (TPSA) is 88.5 Å². The van der Waals surface area contributed by atoms with Crippen LogP contribution < -0.4 is 0 Å². The maximum absolute atomic E-state index is 12.8. The first-order valence-electron chi connectivity index (χ1n) is 7.26. The van der Waals surface area contributed by atoms with E-state index >= 15 is 0 Å². The molecule has 5 heteroatoms. The Morgan fingerprint density at radius 2 is 1.67 bits per heavy atom. The van der Waals surface area contributed by atoms with Crippen LogP contribution in [0.4, 0.5) is 0 Å². The number of benzene rings is 1. The fourth-order valence-electron chi connectivity index (χ4n) is 2.87. The van der Waals surface area contributed by atoms with Crippen molar-refractivity contribution in [1.29, 1.82) is 0 Å². The highest BCUT2D eigenvalue weighted by atomic mass is 16.3. The third kappa shape index (κ3) is 2.44. The largest absolute Gasteiger partial charge is 0.506 e. The summed E-state index contributed by atoms with van der Waals surface area (Å²) >= 11 is 0. The molecule has 1 aromatic carbocycles. The molecule has 0 aliphatic heterocycles.